The van der Waals surface area contributed by atoms with Crippen molar-refractivity contribution in [3.8, 4) is 0 Å². The van der Waals surface area contributed by atoms with E-state index in [9.17, 15) is 0 Å². The number of thioether (sulfide) groups is 1. The molecule has 14 heavy (non-hydrogen) atoms. The van der Waals surface area contributed by atoms with E-state index in [0.29, 0.717) is 0 Å². The van der Waals surface area contributed by atoms with Crippen LogP contribution in [0.5, 0.6) is 0 Å². The van der Waals surface area contributed by atoms with Crippen LogP contribution in [0, 0.1) is 0 Å². The van der Waals surface area contributed by atoms with E-state index in [0.717, 1.165) is 13.1 Å². The Labute approximate surface area is 95.3 Å². The van der Waals surface area contributed by atoms with Crippen LogP contribution in [0.3, 0.4) is 0 Å². The van der Waals surface area contributed by atoms with Gasteiger partial charge in [0.2, 0.25) is 0 Å². The molecule has 0 radical (unpaired) electrons. The Bertz CT molecular complexity index is 209. The van der Waals surface area contributed by atoms with Crippen LogP contribution in [0.1, 0.15) is 24.6 Å². The van der Waals surface area contributed by atoms with Crippen LogP contribution in [-0.2, 0) is 6.54 Å². The lowest BCUT2D eigenvalue weighted by Crippen LogP contribution is -2.15. The predicted octanol–water partition coefficient (Wildman–Crippen LogP) is 3.37. The average molecular weight is 229 g/mol. The van der Waals surface area contributed by atoms with Crippen molar-refractivity contribution in [1.29, 1.82) is 0 Å². The highest BCUT2D eigenvalue weighted by Crippen LogP contribution is 2.07. The fraction of sp³-hybridized carbons (Fsp3) is 0.636. The maximum absolute atomic E-state index is 3.45. The third-order valence-electron chi connectivity index (χ3n) is 1.94. The maximum Gasteiger partial charge on any atom is 0.0300 e. The SMILES string of the molecule is CCCCSCCNCc1cccs1. The summed E-state index contributed by atoms with van der Waals surface area (Å²) >= 11 is 3.88. The lowest BCUT2D eigenvalue weighted by molar-refractivity contribution is 0.740. The molecule has 0 atom stereocenters. The minimum Gasteiger partial charge on any atom is -0.311 e. The zero-order valence-corrected chi connectivity index (χ0v) is 10.4. The Hall–Kier alpha value is 0.01000. The monoisotopic (exact) mass is 229 g/mol. The largest absolute Gasteiger partial charge is 0.311 e. The van der Waals surface area contributed by atoms with E-state index in [1.165, 1.54) is 29.2 Å². The van der Waals surface area contributed by atoms with Crippen LogP contribution < -0.4 is 5.32 Å². The molecule has 0 aliphatic rings. The van der Waals surface area contributed by atoms with Crippen LogP contribution in [0.2, 0.25) is 0 Å². The lowest BCUT2D eigenvalue weighted by Gasteiger charge is -2.02. The van der Waals surface area contributed by atoms with Gasteiger partial charge < -0.3 is 5.32 Å². The molecule has 1 rings (SSSR count). The number of thiophene rings is 1. The third-order valence-corrected chi connectivity index (χ3v) is 3.89. The standard InChI is InChI=1S/C11H19NS2/c1-2-3-7-13-9-6-12-10-11-5-4-8-14-11/h4-5,8,12H,2-3,6-7,9-10H2,1H3. The summed E-state index contributed by atoms with van der Waals surface area (Å²) in [4.78, 5) is 1.43. The quantitative estimate of drug-likeness (QED) is 0.686. The average Bonchev–Trinajstić information content (AvgIpc) is 2.69. The van der Waals surface area contributed by atoms with E-state index in [-0.39, 0.29) is 0 Å². The molecule has 0 amide bonds. The molecule has 1 aromatic heterocycles. The summed E-state index contributed by atoms with van der Waals surface area (Å²) in [6, 6.07) is 4.29. The van der Waals surface area contributed by atoms with Crippen molar-refractivity contribution in [2.45, 2.75) is 26.3 Å². The van der Waals surface area contributed by atoms with Gasteiger partial charge in [0.1, 0.15) is 0 Å². The fourth-order valence-electron chi connectivity index (χ4n) is 1.12. The minimum absolute atomic E-state index is 1.03. The summed E-state index contributed by atoms with van der Waals surface area (Å²) in [5.74, 6) is 2.56. The second kappa shape index (κ2) is 8.33. The minimum atomic E-state index is 1.03. The van der Waals surface area contributed by atoms with Gasteiger partial charge in [0.15, 0.2) is 0 Å². The normalized spacial score (nSPS) is 10.6. The molecule has 0 aromatic carbocycles. The highest BCUT2D eigenvalue weighted by Gasteiger charge is 1.92. The first-order valence-electron chi connectivity index (χ1n) is 5.24. The van der Waals surface area contributed by atoms with Crippen molar-refractivity contribution in [3.63, 3.8) is 0 Å². The van der Waals surface area contributed by atoms with Gasteiger partial charge in [0.05, 0.1) is 0 Å². The predicted molar refractivity (Wildman–Crippen MR) is 68.3 cm³/mol. The smallest absolute Gasteiger partial charge is 0.0300 e. The molecule has 0 fully saturated rings. The summed E-state index contributed by atoms with van der Waals surface area (Å²) in [7, 11) is 0. The van der Waals surface area contributed by atoms with Crippen LogP contribution in [0.25, 0.3) is 0 Å². The number of hydrogen-bond acceptors (Lipinski definition) is 3. The second-order valence-electron chi connectivity index (χ2n) is 3.22. The summed E-state index contributed by atoms with van der Waals surface area (Å²) in [6.07, 6.45) is 2.67. The molecule has 3 heteroatoms. The Morgan fingerprint density at radius 1 is 1.43 bits per heavy atom. The van der Waals surface area contributed by atoms with Crippen molar-refractivity contribution < 1.29 is 0 Å². The number of hydrogen-bond donors (Lipinski definition) is 1. The van der Waals surface area contributed by atoms with Gasteiger partial charge in [0, 0.05) is 23.7 Å². The van der Waals surface area contributed by atoms with E-state index in [1.54, 1.807) is 0 Å². The van der Waals surface area contributed by atoms with Gasteiger partial charge in [-0.25, -0.2) is 0 Å². The number of nitrogens with one attached hydrogen (secondary N) is 1. The van der Waals surface area contributed by atoms with Gasteiger partial charge in [-0.2, -0.15) is 11.8 Å². The lowest BCUT2D eigenvalue weighted by atomic mass is 10.4. The molecule has 1 aromatic rings. The molecule has 1 nitrogen and oxygen atoms in total. The van der Waals surface area contributed by atoms with Crippen LogP contribution >= 0.6 is 23.1 Å². The second-order valence-corrected chi connectivity index (χ2v) is 5.48. The van der Waals surface area contributed by atoms with E-state index in [2.05, 4.69) is 41.5 Å². The summed E-state index contributed by atoms with van der Waals surface area (Å²) in [6.45, 7) is 4.41. The molecule has 0 aliphatic heterocycles. The molecule has 0 bridgehead atoms. The molecule has 0 saturated heterocycles. The van der Waals surface area contributed by atoms with Crippen molar-refractivity contribution in [2.75, 3.05) is 18.1 Å². The summed E-state index contributed by atoms with van der Waals surface area (Å²) in [5.41, 5.74) is 0. The van der Waals surface area contributed by atoms with Crippen molar-refractivity contribution >= 4 is 23.1 Å². The van der Waals surface area contributed by atoms with E-state index in [4.69, 9.17) is 0 Å². The Balaban J connectivity index is 1.85. The number of rotatable bonds is 8. The molecule has 1 heterocycles. The van der Waals surface area contributed by atoms with Gasteiger partial charge in [-0.15, -0.1) is 11.3 Å². The van der Waals surface area contributed by atoms with Gasteiger partial charge in [-0.3, -0.25) is 0 Å². The van der Waals surface area contributed by atoms with E-state index >= 15 is 0 Å². The molecule has 1 N–H and O–H groups in total. The summed E-state index contributed by atoms with van der Waals surface area (Å²) < 4.78 is 0. The molecular weight excluding hydrogens is 210 g/mol. The third kappa shape index (κ3) is 5.68. The molecule has 0 unspecified atom stereocenters. The Morgan fingerprint density at radius 2 is 2.36 bits per heavy atom. The van der Waals surface area contributed by atoms with Gasteiger partial charge in [0.25, 0.3) is 0 Å². The number of unbranched alkanes of at least 4 members (excludes halogenated alkanes) is 1. The van der Waals surface area contributed by atoms with Crippen LogP contribution in [0.15, 0.2) is 17.5 Å². The van der Waals surface area contributed by atoms with Gasteiger partial charge in [-0.1, -0.05) is 19.4 Å². The molecular formula is C11H19NS2. The Kier molecular flexibility index (Phi) is 7.19. The zero-order chi connectivity index (χ0) is 10.1. The zero-order valence-electron chi connectivity index (χ0n) is 8.79. The van der Waals surface area contributed by atoms with Crippen LogP contribution in [0.4, 0.5) is 0 Å². The Morgan fingerprint density at radius 3 is 3.07 bits per heavy atom. The first-order chi connectivity index (χ1) is 6.93. The van der Waals surface area contributed by atoms with Gasteiger partial charge >= 0.3 is 0 Å². The van der Waals surface area contributed by atoms with E-state index < -0.39 is 0 Å². The van der Waals surface area contributed by atoms with Crippen molar-refractivity contribution in [2.24, 2.45) is 0 Å². The van der Waals surface area contributed by atoms with Gasteiger partial charge in [-0.05, 0) is 23.6 Å². The molecule has 0 spiro atoms. The highest BCUT2D eigenvalue weighted by atomic mass is 32.2. The fourth-order valence-corrected chi connectivity index (χ4v) is 2.78. The molecule has 0 aliphatic carbocycles. The van der Waals surface area contributed by atoms with Crippen molar-refractivity contribution in [1.82, 2.24) is 5.32 Å². The maximum atomic E-state index is 3.45. The van der Waals surface area contributed by atoms with Crippen molar-refractivity contribution in [3.05, 3.63) is 22.4 Å². The van der Waals surface area contributed by atoms with Crippen LogP contribution in [-0.4, -0.2) is 18.1 Å². The topological polar surface area (TPSA) is 12.0 Å². The van der Waals surface area contributed by atoms with E-state index in [1.807, 2.05) is 11.3 Å². The first-order valence-corrected chi connectivity index (χ1v) is 7.27. The first kappa shape index (κ1) is 12.1. The highest BCUT2D eigenvalue weighted by molar-refractivity contribution is 7.99. The molecule has 80 valence electrons. The molecule has 0 saturated carbocycles. The summed E-state index contributed by atoms with van der Waals surface area (Å²) in [5, 5.41) is 5.59.